The van der Waals surface area contributed by atoms with Crippen LogP contribution in [0.25, 0.3) is 6.08 Å². The van der Waals surface area contributed by atoms with Gasteiger partial charge in [0.2, 0.25) is 0 Å². The first kappa shape index (κ1) is 21.7. The second kappa shape index (κ2) is 11.3. The zero-order chi connectivity index (χ0) is 19.5. The van der Waals surface area contributed by atoms with Crippen molar-refractivity contribution in [1.82, 2.24) is 0 Å². The van der Waals surface area contributed by atoms with Gasteiger partial charge in [0.15, 0.2) is 0 Å². The van der Waals surface area contributed by atoms with Crippen LogP contribution in [0.4, 0.5) is 0 Å². The van der Waals surface area contributed by atoms with Gasteiger partial charge in [-0.25, -0.2) is 4.79 Å². The molecule has 0 saturated carbocycles. The summed E-state index contributed by atoms with van der Waals surface area (Å²) in [6, 6.07) is 4.42. The first-order chi connectivity index (χ1) is 12.3. The van der Waals surface area contributed by atoms with Gasteiger partial charge in [-0.05, 0) is 63.3 Å². The minimum absolute atomic E-state index is 0.272. The number of esters is 1. The average molecular weight is 353 g/mol. The summed E-state index contributed by atoms with van der Waals surface area (Å²) in [6.45, 7) is 12.9. The third-order valence-electron chi connectivity index (χ3n) is 4.06. The van der Waals surface area contributed by atoms with Crippen molar-refractivity contribution >= 4 is 12.0 Å². The van der Waals surface area contributed by atoms with Crippen LogP contribution in [0.3, 0.4) is 0 Å². The minimum atomic E-state index is -0.272. The van der Waals surface area contributed by atoms with Crippen molar-refractivity contribution in [2.24, 2.45) is 0 Å². The molecule has 0 N–H and O–H groups in total. The summed E-state index contributed by atoms with van der Waals surface area (Å²) in [6.07, 6.45) is 13.7. The standard InChI is InChI=1S/C24H32O2/c1-7-8-14-26-24(25)17-19(3)11-9-10-18(2)12-13-23-21(5)15-20(4)16-22(23)6/h9-13,15-17H,7-8,14H2,1-6H3. The Labute approximate surface area is 159 Å². The van der Waals surface area contributed by atoms with Gasteiger partial charge in [-0.15, -0.1) is 0 Å². The number of carbonyl (C=O) groups excluding carboxylic acids is 1. The Kier molecular flexibility index (Phi) is 9.43. The van der Waals surface area contributed by atoms with Crippen LogP contribution in [0.15, 0.2) is 53.7 Å². The highest BCUT2D eigenvalue weighted by atomic mass is 16.5. The van der Waals surface area contributed by atoms with Crippen LogP contribution in [0, 0.1) is 20.8 Å². The van der Waals surface area contributed by atoms with Crippen molar-refractivity contribution in [3.63, 3.8) is 0 Å². The highest BCUT2D eigenvalue weighted by Crippen LogP contribution is 2.18. The van der Waals surface area contributed by atoms with Crippen LogP contribution >= 0.6 is 0 Å². The van der Waals surface area contributed by atoms with Crippen LogP contribution in [-0.4, -0.2) is 12.6 Å². The summed E-state index contributed by atoms with van der Waals surface area (Å²) in [5, 5.41) is 0. The summed E-state index contributed by atoms with van der Waals surface area (Å²) in [5.41, 5.74) is 7.19. The van der Waals surface area contributed by atoms with Crippen molar-refractivity contribution in [1.29, 1.82) is 0 Å². The second-order valence-corrected chi connectivity index (χ2v) is 6.82. The third-order valence-corrected chi connectivity index (χ3v) is 4.06. The van der Waals surface area contributed by atoms with Crippen LogP contribution in [0.5, 0.6) is 0 Å². The summed E-state index contributed by atoms with van der Waals surface area (Å²) in [7, 11) is 0. The van der Waals surface area contributed by atoms with E-state index in [1.165, 1.54) is 28.3 Å². The number of carbonyl (C=O) groups is 1. The van der Waals surface area contributed by atoms with Crippen LogP contribution in [0.1, 0.15) is 55.9 Å². The number of allylic oxidation sites excluding steroid dienone is 6. The highest BCUT2D eigenvalue weighted by Gasteiger charge is 2.00. The van der Waals surface area contributed by atoms with E-state index in [9.17, 15) is 4.79 Å². The lowest BCUT2D eigenvalue weighted by Crippen LogP contribution is -2.02. The van der Waals surface area contributed by atoms with E-state index in [4.69, 9.17) is 4.74 Å². The van der Waals surface area contributed by atoms with Gasteiger partial charge in [-0.3, -0.25) is 0 Å². The van der Waals surface area contributed by atoms with Crippen molar-refractivity contribution in [2.75, 3.05) is 6.61 Å². The van der Waals surface area contributed by atoms with E-state index in [2.05, 4.69) is 58.9 Å². The fourth-order valence-corrected chi connectivity index (χ4v) is 2.67. The average Bonchev–Trinajstić information content (AvgIpc) is 2.54. The number of aryl methyl sites for hydroxylation is 3. The molecule has 140 valence electrons. The minimum Gasteiger partial charge on any atom is -0.463 e. The zero-order valence-corrected chi connectivity index (χ0v) is 17.1. The first-order valence-electron chi connectivity index (χ1n) is 9.29. The molecule has 0 saturated heterocycles. The van der Waals surface area contributed by atoms with Gasteiger partial charge in [0.25, 0.3) is 0 Å². The Balaban J connectivity index is 2.68. The van der Waals surface area contributed by atoms with Crippen LogP contribution < -0.4 is 0 Å². The maximum absolute atomic E-state index is 11.6. The zero-order valence-electron chi connectivity index (χ0n) is 17.1. The lowest BCUT2D eigenvalue weighted by Gasteiger charge is -2.07. The molecule has 0 aliphatic rings. The van der Waals surface area contributed by atoms with E-state index in [-0.39, 0.29) is 5.97 Å². The van der Waals surface area contributed by atoms with Crippen LogP contribution in [-0.2, 0) is 9.53 Å². The number of hydrogen-bond acceptors (Lipinski definition) is 2. The third kappa shape index (κ3) is 8.15. The molecule has 2 nitrogen and oxygen atoms in total. The quantitative estimate of drug-likeness (QED) is 0.234. The fourth-order valence-electron chi connectivity index (χ4n) is 2.67. The lowest BCUT2D eigenvalue weighted by molar-refractivity contribution is -0.137. The Morgan fingerprint density at radius 3 is 2.31 bits per heavy atom. The molecule has 0 radical (unpaired) electrons. The molecule has 0 aromatic heterocycles. The fraction of sp³-hybridized carbons (Fsp3) is 0.375. The Hall–Kier alpha value is -2.35. The number of hydrogen-bond donors (Lipinski definition) is 0. The van der Waals surface area contributed by atoms with E-state index in [0.29, 0.717) is 6.61 Å². The number of ether oxygens (including phenoxy) is 1. The molecule has 0 heterocycles. The molecule has 1 aromatic carbocycles. The Morgan fingerprint density at radius 1 is 1.04 bits per heavy atom. The maximum atomic E-state index is 11.6. The normalized spacial score (nSPS) is 13.0. The molecule has 2 heteroatoms. The van der Waals surface area contributed by atoms with Gasteiger partial charge in [0, 0.05) is 6.08 Å². The Bertz CT molecular complexity index is 708. The Morgan fingerprint density at radius 2 is 1.69 bits per heavy atom. The molecule has 0 amide bonds. The molecule has 0 bridgehead atoms. The highest BCUT2D eigenvalue weighted by molar-refractivity contribution is 5.83. The van der Waals surface area contributed by atoms with Crippen molar-refractivity contribution < 1.29 is 9.53 Å². The van der Waals surface area contributed by atoms with E-state index >= 15 is 0 Å². The molecule has 0 aliphatic carbocycles. The van der Waals surface area contributed by atoms with Gasteiger partial charge in [-0.1, -0.05) is 67.0 Å². The first-order valence-corrected chi connectivity index (χ1v) is 9.29. The SMILES string of the molecule is CCCCOC(=O)C=C(C)C=CC=C(C)C=Cc1c(C)cc(C)cc1C. The largest absolute Gasteiger partial charge is 0.463 e. The molecule has 0 fully saturated rings. The molecule has 0 unspecified atom stereocenters. The van der Waals surface area contributed by atoms with Gasteiger partial charge in [0.1, 0.15) is 0 Å². The van der Waals surface area contributed by atoms with Crippen molar-refractivity contribution in [3.8, 4) is 0 Å². The summed E-state index contributed by atoms with van der Waals surface area (Å²) in [4.78, 5) is 11.6. The van der Waals surface area contributed by atoms with E-state index in [0.717, 1.165) is 24.0 Å². The van der Waals surface area contributed by atoms with Gasteiger partial charge in [0.05, 0.1) is 6.61 Å². The lowest BCUT2D eigenvalue weighted by atomic mass is 9.99. The van der Waals surface area contributed by atoms with E-state index in [1.54, 1.807) is 0 Å². The predicted molar refractivity (Wildman–Crippen MR) is 112 cm³/mol. The van der Waals surface area contributed by atoms with Gasteiger partial charge in [-0.2, -0.15) is 0 Å². The van der Waals surface area contributed by atoms with Gasteiger partial charge < -0.3 is 4.74 Å². The maximum Gasteiger partial charge on any atom is 0.331 e. The summed E-state index contributed by atoms with van der Waals surface area (Å²) in [5.74, 6) is -0.272. The van der Waals surface area contributed by atoms with Gasteiger partial charge >= 0.3 is 5.97 Å². The molecule has 0 atom stereocenters. The number of unbranched alkanes of at least 4 members (excludes halogenated alkanes) is 1. The smallest absolute Gasteiger partial charge is 0.331 e. The summed E-state index contributed by atoms with van der Waals surface area (Å²) >= 11 is 0. The van der Waals surface area contributed by atoms with E-state index < -0.39 is 0 Å². The van der Waals surface area contributed by atoms with Crippen molar-refractivity contribution in [3.05, 3.63) is 75.9 Å². The number of benzene rings is 1. The molecule has 1 rings (SSSR count). The molecular weight excluding hydrogens is 320 g/mol. The van der Waals surface area contributed by atoms with Crippen molar-refractivity contribution in [2.45, 2.75) is 54.4 Å². The molecule has 26 heavy (non-hydrogen) atoms. The molecule has 0 spiro atoms. The van der Waals surface area contributed by atoms with Crippen LogP contribution in [0.2, 0.25) is 0 Å². The van der Waals surface area contributed by atoms with E-state index in [1.807, 2.05) is 25.2 Å². The molecule has 0 aliphatic heterocycles. The summed E-state index contributed by atoms with van der Waals surface area (Å²) < 4.78 is 5.12. The number of rotatable bonds is 8. The topological polar surface area (TPSA) is 26.3 Å². The predicted octanol–water partition coefficient (Wildman–Crippen LogP) is 6.42. The molecular formula is C24H32O2. The molecule has 1 aromatic rings. The second-order valence-electron chi connectivity index (χ2n) is 6.82. The monoisotopic (exact) mass is 352 g/mol.